The number of furan rings is 1. The van der Waals surface area contributed by atoms with Crippen molar-refractivity contribution in [3.8, 4) is 22.8 Å². The predicted molar refractivity (Wildman–Crippen MR) is 172 cm³/mol. The van der Waals surface area contributed by atoms with E-state index in [1.165, 1.54) is 16.7 Å². The lowest BCUT2D eigenvalue weighted by Gasteiger charge is -2.26. The average Bonchev–Trinajstić information content (AvgIpc) is 3.80. The molecule has 0 fully saturated rings. The fourth-order valence-electron chi connectivity index (χ4n) is 5.36. The van der Waals surface area contributed by atoms with Gasteiger partial charge in [-0.25, -0.2) is 9.79 Å². The van der Waals surface area contributed by atoms with E-state index in [1.807, 2.05) is 30.3 Å². The Balaban J connectivity index is 1.40. The highest BCUT2D eigenvalue weighted by molar-refractivity contribution is 9.10. The number of hydrogen-bond donors (Lipinski definition) is 0. The third-order valence-corrected chi connectivity index (χ3v) is 9.05. The summed E-state index contributed by atoms with van der Waals surface area (Å²) in [7, 11) is 0. The number of thiazole rings is 1. The molecular weight excluding hydrogens is 678 g/mol. The topological polar surface area (TPSA) is 135 Å². The largest absolute Gasteiger partial charge is 0.463 e. The van der Waals surface area contributed by atoms with Gasteiger partial charge in [-0.1, -0.05) is 47.7 Å². The Morgan fingerprint density at radius 1 is 1.11 bits per heavy atom. The maximum absolute atomic E-state index is 14.2. The molecule has 11 nitrogen and oxygen atoms in total. The van der Waals surface area contributed by atoms with Crippen LogP contribution in [0.5, 0.6) is 11.5 Å². The molecule has 2 aliphatic rings. The molecule has 7 rings (SSSR count). The number of non-ortho nitro benzene ring substituents is 1. The van der Waals surface area contributed by atoms with Crippen LogP contribution in [-0.4, -0.2) is 28.9 Å². The van der Waals surface area contributed by atoms with Gasteiger partial charge in [0.1, 0.15) is 11.5 Å². The second-order valence-corrected chi connectivity index (χ2v) is 12.0. The summed E-state index contributed by atoms with van der Waals surface area (Å²) in [5.41, 5.74) is 2.10. The second-order valence-electron chi connectivity index (χ2n) is 10.2. The van der Waals surface area contributed by atoms with Crippen molar-refractivity contribution in [1.29, 1.82) is 0 Å². The van der Waals surface area contributed by atoms with E-state index in [1.54, 1.807) is 49.4 Å². The number of carbonyl (C=O) groups is 1. The van der Waals surface area contributed by atoms with Crippen LogP contribution in [0.3, 0.4) is 0 Å². The van der Waals surface area contributed by atoms with Gasteiger partial charge in [0.25, 0.3) is 11.2 Å². The minimum Gasteiger partial charge on any atom is -0.463 e. The predicted octanol–water partition coefficient (Wildman–Crippen LogP) is 5.60. The highest BCUT2D eigenvalue weighted by Gasteiger charge is 2.36. The van der Waals surface area contributed by atoms with Gasteiger partial charge >= 0.3 is 5.97 Å². The first-order valence-electron chi connectivity index (χ1n) is 14.0. The van der Waals surface area contributed by atoms with E-state index in [4.69, 9.17) is 23.6 Å². The maximum Gasteiger partial charge on any atom is 0.338 e. The maximum atomic E-state index is 14.2. The van der Waals surface area contributed by atoms with E-state index in [-0.39, 0.29) is 30.2 Å². The quantitative estimate of drug-likeness (QED) is 0.122. The smallest absolute Gasteiger partial charge is 0.338 e. The number of ether oxygens (including phenoxy) is 3. The van der Waals surface area contributed by atoms with Gasteiger partial charge in [0.05, 0.1) is 33.4 Å². The molecule has 0 amide bonds. The molecule has 1 unspecified atom stereocenters. The van der Waals surface area contributed by atoms with Crippen molar-refractivity contribution < 1.29 is 28.3 Å². The van der Waals surface area contributed by atoms with E-state index < -0.39 is 16.9 Å². The first-order chi connectivity index (χ1) is 22.3. The van der Waals surface area contributed by atoms with Crippen molar-refractivity contribution in [2.75, 3.05) is 13.4 Å². The molecule has 0 radical (unpaired) electrons. The van der Waals surface area contributed by atoms with Crippen molar-refractivity contribution in [2.24, 2.45) is 4.99 Å². The molecule has 0 N–H and O–H groups in total. The van der Waals surface area contributed by atoms with Gasteiger partial charge in [-0.2, -0.15) is 0 Å². The molecule has 0 aliphatic carbocycles. The zero-order chi connectivity index (χ0) is 31.9. The molecule has 0 saturated heterocycles. The average molecular weight is 701 g/mol. The van der Waals surface area contributed by atoms with Gasteiger partial charge < -0.3 is 18.6 Å². The Morgan fingerprint density at radius 3 is 2.67 bits per heavy atom. The van der Waals surface area contributed by atoms with Crippen LogP contribution in [-0.2, 0) is 9.53 Å². The summed E-state index contributed by atoms with van der Waals surface area (Å²) in [6, 6.07) is 21.5. The summed E-state index contributed by atoms with van der Waals surface area (Å²) in [5, 5.41) is 11.2. The summed E-state index contributed by atoms with van der Waals surface area (Å²) in [5.74, 6) is 1.32. The summed E-state index contributed by atoms with van der Waals surface area (Å²) in [4.78, 5) is 43.8. The van der Waals surface area contributed by atoms with Crippen LogP contribution in [0.25, 0.3) is 23.1 Å². The number of benzene rings is 3. The lowest BCUT2D eigenvalue weighted by molar-refractivity contribution is -0.384. The monoisotopic (exact) mass is 699 g/mol. The van der Waals surface area contributed by atoms with E-state index in [2.05, 4.69) is 15.9 Å². The number of halogens is 1. The van der Waals surface area contributed by atoms with Crippen LogP contribution in [0, 0.1) is 10.1 Å². The molecule has 3 aromatic carbocycles. The zero-order valence-electron chi connectivity index (χ0n) is 24.0. The fourth-order valence-corrected chi connectivity index (χ4v) is 6.90. The lowest BCUT2D eigenvalue weighted by Crippen LogP contribution is -2.40. The molecule has 46 heavy (non-hydrogen) atoms. The number of nitro groups is 1. The van der Waals surface area contributed by atoms with Crippen LogP contribution in [0.15, 0.2) is 103 Å². The summed E-state index contributed by atoms with van der Waals surface area (Å²) < 4.78 is 25.0. The van der Waals surface area contributed by atoms with E-state index >= 15 is 0 Å². The standard InChI is InChI=1S/C33H22BrN3O8S/c1-2-42-32(39)28-29(18-6-4-3-5-7-18)35-33-36(30(28)19-8-12-25-26(14-19)44-17-43-25)31(38)27(46-33)16-21-10-13-24(45-21)22-11-9-20(37(40)41)15-23(22)34/h3-16,30H,2,17H2,1H3/b27-16+. The highest BCUT2D eigenvalue weighted by atomic mass is 79.9. The fraction of sp³-hybridized carbons (Fsp3) is 0.121. The number of rotatable bonds is 7. The number of nitrogens with zero attached hydrogens (tertiary/aromatic N) is 3. The minimum absolute atomic E-state index is 0.0578. The molecule has 13 heteroatoms. The van der Waals surface area contributed by atoms with Gasteiger partial charge in [0.2, 0.25) is 6.79 Å². The van der Waals surface area contributed by atoms with Gasteiger partial charge in [0.15, 0.2) is 16.3 Å². The Bertz CT molecular complexity index is 2250. The van der Waals surface area contributed by atoms with Crippen molar-refractivity contribution in [3.05, 3.63) is 136 Å². The number of fused-ring (bicyclic) bond motifs is 2. The molecule has 1 atom stereocenters. The first-order valence-corrected chi connectivity index (χ1v) is 15.7. The Morgan fingerprint density at radius 2 is 1.91 bits per heavy atom. The molecule has 230 valence electrons. The molecule has 0 spiro atoms. The lowest BCUT2D eigenvalue weighted by atomic mass is 9.93. The Labute approximate surface area is 272 Å². The van der Waals surface area contributed by atoms with Crippen molar-refractivity contribution >= 4 is 50.7 Å². The van der Waals surface area contributed by atoms with E-state index in [0.717, 1.165) is 11.3 Å². The normalized spacial score (nSPS) is 15.4. The van der Waals surface area contributed by atoms with Gasteiger partial charge in [0, 0.05) is 33.8 Å². The summed E-state index contributed by atoms with van der Waals surface area (Å²) in [6.07, 6.45) is 1.61. The van der Waals surface area contributed by atoms with Gasteiger partial charge in [-0.3, -0.25) is 19.5 Å². The van der Waals surface area contributed by atoms with E-state index in [9.17, 15) is 19.7 Å². The van der Waals surface area contributed by atoms with Crippen LogP contribution < -0.4 is 24.4 Å². The molecule has 2 aliphatic heterocycles. The van der Waals surface area contributed by atoms with Crippen LogP contribution >= 0.6 is 27.3 Å². The Hall–Kier alpha value is -5.27. The van der Waals surface area contributed by atoms with E-state index in [0.29, 0.717) is 59.2 Å². The Kier molecular flexibility index (Phi) is 7.62. The molecule has 0 bridgehead atoms. The SMILES string of the molecule is CCOC(=O)C1=C(c2ccccc2)N=c2s/c(=C/c3ccc(-c4ccc([N+](=O)[O-])cc4Br)o3)c(=O)n2C1c1ccc2c(c1)OCO2. The van der Waals surface area contributed by atoms with Gasteiger partial charge in [-0.05, 0) is 58.7 Å². The van der Waals surface area contributed by atoms with Crippen LogP contribution in [0.1, 0.15) is 29.9 Å². The number of carbonyl (C=O) groups excluding carboxylic acids is 1. The summed E-state index contributed by atoms with van der Waals surface area (Å²) >= 11 is 4.54. The zero-order valence-corrected chi connectivity index (χ0v) is 26.4. The molecule has 0 saturated carbocycles. The highest BCUT2D eigenvalue weighted by Crippen LogP contribution is 2.40. The number of hydrogen-bond acceptors (Lipinski definition) is 10. The number of nitro benzene ring substituents is 1. The molecular formula is C33H22BrN3O8S. The third kappa shape index (κ3) is 5.22. The van der Waals surface area contributed by atoms with Crippen molar-refractivity contribution in [2.45, 2.75) is 13.0 Å². The minimum atomic E-state index is -0.884. The summed E-state index contributed by atoms with van der Waals surface area (Å²) in [6.45, 7) is 1.92. The number of esters is 1. The van der Waals surface area contributed by atoms with Crippen molar-refractivity contribution in [1.82, 2.24) is 4.57 Å². The van der Waals surface area contributed by atoms with Crippen LogP contribution in [0.4, 0.5) is 5.69 Å². The van der Waals surface area contributed by atoms with Crippen molar-refractivity contribution in [3.63, 3.8) is 0 Å². The first kappa shape index (κ1) is 29.4. The third-order valence-electron chi connectivity index (χ3n) is 7.42. The van der Waals surface area contributed by atoms with Crippen LogP contribution in [0.2, 0.25) is 0 Å². The molecule has 2 aromatic heterocycles. The molecule has 4 heterocycles. The second kappa shape index (κ2) is 11.9. The molecule has 5 aromatic rings. The van der Waals surface area contributed by atoms with Gasteiger partial charge in [-0.15, -0.1) is 0 Å². The number of aromatic nitrogens is 1.